The molecule has 0 bridgehead atoms. The van der Waals surface area contributed by atoms with Gasteiger partial charge in [0.2, 0.25) is 5.91 Å². The summed E-state index contributed by atoms with van der Waals surface area (Å²) in [5.74, 6) is 0.370. The molecule has 2 N–H and O–H groups in total. The Bertz CT molecular complexity index is 310. The first kappa shape index (κ1) is 11.7. The summed E-state index contributed by atoms with van der Waals surface area (Å²) in [4.78, 5) is 24.7. The van der Waals surface area contributed by atoms with Crippen LogP contribution in [0.4, 0.5) is 0 Å². The Kier molecular flexibility index (Phi) is 3.39. The normalized spacial score (nSPS) is 34.3. The predicted octanol–water partition coefficient (Wildman–Crippen LogP) is -0.172. The van der Waals surface area contributed by atoms with Crippen molar-refractivity contribution in [3.8, 4) is 0 Å². The molecule has 3 atom stereocenters. The van der Waals surface area contributed by atoms with Crippen LogP contribution in [0.2, 0.25) is 0 Å². The van der Waals surface area contributed by atoms with Crippen LogP contribution in [0.25, 0.3) is 0 Å². The summed E-state index contributed by atoms with van der Waals surface area (Å²) in [6.45, 7) is 3.55. The molecule has 0 spiro atoms. The van der Waals surface area contributed by atoms with Gasteiger partial charge in [0.15, 0.2) is 0 Å². The number of aliphatic carboxylic acids is 1. The fourth-order valence-corrected chi connectivity index (χ4v) is 3.37. The molecular weight excluding hydrogens is 228 g/mol. The predicted molar refractivity (Wildman–Crippen MR) is 61.1 cm³/mol. The number of carboxylic acids is 1. The van der Waals surface area contributed by atoms with Crippen LogP contribution >= 0.6 is 11.8 Å². The summed E-state index contributed by atoms with van der Waals surface area (Å²) in [6, 6.07) is -0.634. The quantitative estimate of drug-likeness (QED) is 0.705. The minimum absolute atomic E-state index is 0.00472. The summed E-state index contributed by atoms with van der Waals surface area (Å²) in [5.41, 5.74) is 0. The molecule has 1 amide bonds. The Labute approximate surface area is 98.6 Å². The Morgan fingerprint density at radius 1 is 1.44 bits per heavy atom. The van der Waals surface area contributed by atoms with E-state index in [1.165, 1.54) is 16.7 Å². The first-order valence-electron chi connectivity index (χ1n) is 5.43. The van der Waals surface area contributed by atoms with Gasteiger partial charge >= 0.3 is 5.97 Å². The zero-order chi connectivity index (χ0) is 11.7. The molecule has 2 rings (SSSR count). The van der Waals surface area contributed by atoms with Crippen molar-refractivity contribution in [2.24, 2.45) is 11.8 Å². The molecule has 2 aliphatic heterocycles. The van der Waals surface area contributed by atoms with Crippen LogP contribution in [0.15, 0.2) is 0 Å². The topological polar surface area (TPSA) is 69.6 Å². The Morgan fingerprint density at radius 2 is 2.19 bits per heavy atom. The molecule has 2 fully saturated rings. The first-order valence-corrected chi connectivity index (χ1v) is 6.58. The van der Waals surface area contributed by atoms with Gasteiger partial charge in [-0.05, 0) is 12.5 Å². The highest BCUT2D eigenvalue weighted by Gasteiger charge is 2.40. The van der Waals surface area contributed by atoms with Crippen molar-refractivity contribution in [1.29, 1.82) is 0 Å². The Hall–Kier alpha value is -0.750. The molecule has 0 aromatic heterocycles. The third-order valence-electron chi connectivity index (χ3n) is 3.29. The van der Waals surface area contributed by atoms with E-state index in [9.17, 15) is 9.59 Å². The lowest BCUT2D eigenvalue weighted by molar-refractivity contribution is -0.149. The molecule has 16 heavy (non-hydrogen) atoms. The number of hydrogen-bond donors (Lipinski definition) is 2. The van der Waals surface area contributed by atoms with Crippen LogP contribution in [0.5, 0.6) is 0 Å². The number of thioether (sulfide) groups is 1. The molecule has 0 aromatic carbocycles. The Morgan fingerprint density at radius 3 is 2.75 bits per heavy atom. The summed E-state index contributed by atoms with van der Waals surface area (Å²) >= 11 is 1.51. The molecule has 5 nitrogen and oxygen atoms in total. The molecule has 90 valence electrons. The van der Waals surface area contributed by atoms with Crippen molar-refractivity contribution < 1.29 is 14.7 Å². The van der Waals surface area contributed by atoms with Gasteiger partial charge in [-0.2, -0.15) is 0 Å². The minimum atomic E-state index is -0.892. The van der Waals surface area contributed by atoms with Crippen LogP contribution in [-0.2, 0) is 9.59 Å². The van der Waals surface area contributed by atoms with E-state index in [-0.39, 0.29) is 11.8 Å². The highest BCUT2D eigenvalue weighted by molar-refractivity contribution is 7.99. The number of nitrogens with one attached hydrogen (secondary N) is 1. The number of nitrogens with zero attached hydrogens (tertiary/aromatic N) is 1. The molecule has 3 unspecified atom stereocenters. The van der Waals surface area contributed by atoms with E-state index in [1.54, 1.807) is 0 Å². The number of amides is 1. The number of hydrogen-bond acceptors (Lipinski definition) is 4. The lowest BCUT2D eigenvalue weighted by Gasteiger charge is -2.25. The number of carboxylic acid groups (broad SMARTS) is 1. The van der Waals surface area contributed by atoms with E-state index >= 15 is 0 Å². The third-order valence-corrected chi connectivity index (χ3v) is 4.30. The smallest absolute Gasteiger partial charge is 0.327 e. The van der Waals surface area contributed by atoms with E-state index < -0.39 is 12.0 Å². The van der Waals surface area contributed by atoms with Crippen LogP contribution in [0, 0.1) is 11.8 Å². The maximum absolute atomic E-state index is 12.2. The monoisotopic (exact) mass is 244 g/mol. The molecular formula is C10H16N2O3S. The van der Waals surface area contributed by atoms with Crippen LogP contribution < -0.4 is 5.32 Å². The highest BCUT2D eigenvalue weighted by atomic mass is 32.2. The third kappa shape index (κ3) is 2.04. The van der Waals surface area contributed by atoms with Gasteiger partial charge in [0.1, 0.15) is 6.04 Å². The zero-order valence-corrected chi connectivity index (χ0v) is 10.00. The SMILES string of the molecule is CC1CNCC1C(=O)N1CSCC1C(=O)O. The lowest BCUT2D eigenvalue weighted by Crippen LogP contribution is -2.46. The van der Waals surface area contributed by atoms with Crippen LogP contribution in [0.3, 0.4) is 0 Å². The average molecular weight is 244 g/mol. The van der Waals surface area contributed by atoms with Crippen molar-refractivity contribution in [2.75, 3.05) is 24.7 Å². The Balaban J connectivity index is 2.06. The molecule has 0 saturated carbocycles. The number of carbonyl (C=O) groups is 2. The molecule has 2 aliphatic rings. The fraction of sp³-hybridized carbons (Fsp3) is 0.800. The van der Waals surface area contributed by atoms with Gasteiger partial charge < -0.3 is 15.3 Å². The van der Waals surface area contributed by atoms with Gasteiger partial charge in [0.05, 0.1) is 11.8 Å². The number of rotatable bonds is 2. The van der Waals surface area contributed by atoms with E-state index in [0.29, 0.717) is 24.1 Å². The van der Waals surface area contributed by atoms with Gasteiger partial charge in [-0.3, -0.25) is 4.79 Å². The minimum Gasteiger partial charge on any atom is -0.480 e. The van der Waals surface area contributed by atoms with E-state index in [4.69, 9.17) is 5.11 Å². The maximum Gasteiger partial charge on any atom is 0.327 e. The van der Waals surface area contributed by atoms with E-state index in [1.807, 2.05) is 6.92 Å². The van der Waals surface area contributed by atoms with Crippen molar-refractivity contribution in [3.63, 3.8) is 0 Å². The molecule has 0 aromatic rings. The molecule has 2 heterocycles. The zero-order valence-electron chi connectivity index (χ0n) is 9.18. The highest BCUT2D eigenvalue weighted by Crippen LogP contribution is 2.26. The van der Waals surface area contributed by atoms with Gasteiger partial charge in [0, 0.05) is 12.3 Å². The van der Waals surface area contributed by atoms with Crippen molar-refractivity contribution in [3.05, 3.63) is 0 Å². The van der Waals surface area contributed by atoms with Crippen molar-refractivity contribution in [2.45, 2.75) is 13.0 Å². The van der Waals surface area contributed by atoms with Gasteiger partial charge in [-0.15, -0.1) is 11.8 Å². The van der Waals surface area contributed by atoms with Crippen molar-refractivity contribution >= 4 is 23.6 Å². The average Bonchev–Trinajstić information content (AvgIpc) is 2.84. The number of carbonyl (C=O) groups excluding carboxylic acids is 1. The van der Waals surface area contributed by atoms with Gasteiger partial charge in [-0.1, -0.05) is 6.92 Å². The first-order chi connectivity index (χ1) is 7.61. The maximum atomic E-state index is 12.2. The van der Waals surface area contributed by atoms with Crippen molar-refractivity contribution in [1.82, 2.24) is 10.2 Å². The largest absolute Gasteiger partial charge is 0.480 e. The standard InChI is InChI=1S/C10H16N2O3S/c1-6-2-11-3-7(6)9(13)12-5-16-4-8(12)10(14)15/h6-8,11H,2-5H2,1H3,(H,14,15). The molecule has 0 aliphatic carbocycles. The van der Waals surface area contributed by atoms with Gasteiger partial charge in [0.25, 0.3) is 0 Å². The second-order valence-electron chi connectivity index (χ2n) is 4.40. The van der Waals surface area contributed by atoms with E-state index in [0.717, 1.165) is 6.54 Å². The second kappa shape index (κ2) is 4.63. The van der Waals surface area contributed by atoms with Crippen LogP contribution in [0.1, 0.15) is 6.92 Å². The lowest BCUT2D eigenvalue weighted by atomic mass is 9.96. The summed E-state index contributed by atoms with van der Waals surface area (Å²) in [5, 5.41) is 12.2. The summed E-state index contributed by atoms with van der Waals surface area (Å²) in [6.07, 6.45) is 0. The molecule has 0 radical (unpaired) electrons. The molecule has 6 heteroatoms. The van der Waals surface area contributed by atoms with E-state index in [2.05, 4.69) is 5.32 Å². The second-order valence-corrected chi connectivity index (χ2v) is 5.40. The molecule has 2 saturated heterocycles. The van der Waals surface area contributed by atoms with Gasteiger partial charge in [-0.25, -0.2) is 4.79 Å². The fourth-order valence-electron chi connectivity index (χ4n) is 2.22. The summed E-state index contributed by atoms with van der Waals surface area (Å²) in [7, 11) is 0. The summed E-state index contributed by atoms with van der Waals surface area (Å²) < 4.78 is 0. The van der Waals surface area contributed by atoms with Crippen LogP contribution in [-0.4, -0.2) is 52.6 Å².